The Morgan fingerprint density at radius 1 is 1.11 bits per heavy atom. The normalized spacial score (nSPS) is 28.4. The number of benzene rings is 1. The second-order valence-corrected chi connectivity index (χ2v) is 10.4. The van der Waals surface area contributed by atoms with Gasteiger partial charge in [0, 0.05) is 13.5 Å². The Balaban J connectivity index is 1.65. The maximum Gasteiger partial charge on any atom is 0.252 e. The molecule has 5 N–H and O–H groups in total. The van der Waals surface area contributed by atoms with Crippen molar-refractivity contribution < 1.29 is 19.2 Å². The largest absolute Gasteiger partial charge is 0.347 e. The SMILES string of the molecule is CCC12CCC(C(=O)NC3CCCc4ccccc43)N1C(=O)[C@@H](NC(=O)[C@H](N)NC)CCCN2C(C)=O. The molecule has 1 aliphatic carbocycles. The van der Waals surface area contributed by atoms with E-state index in [2.05, 4.69) is 28.1 Å². The zero-order valence-corrected chi connectivity index (χ0v) is 22.1. The third-order valence-electron chi connectivity index (χ3n) is 8.34. The van der Waals surface area contributed by atoms with Gasteiger partial charge in [-0.3, -0.25) is 24.5 Å². The van der Waals surface area contributed by atoms with Crippen molar-refractivity contribution in [1.29, 1.82) is 0 Å². The molecule has 4 rings (SSSR count). The minimum atomic E-state index is -0.952. The molecule has 10 nitrogen and oxygen atoms in total. The molecule has 2 heterocycles. The van der Waals surface area contributed by atoms with Gasteiger partial charge in [-0.1, -0.05) is 31.2 Å². The summed E-state index contributed by atoms with van der Waals surface area (Å²) >= 11 is 0. The van der Waals surface area contributed by atoms with Gasteiger partial charge in [-0.2, -0.15) is 0 Å². The number of carbonyl (C=O) groups is 4. The standard InChI is InChI=1S/C27H40N6O4/c1-4-27-15-14-22(24(35)30-20-12-7-10-18-9-5-6-11-19(18)20)33(27)26(37)21(31-25(36)23(28)29-3)13-8-16-32(27)17(2)34/h5-6,9,11,20-23,29H,4,7-8,10,12-16,28H2,1-3H3,(H,30,35)(H,31,36)/t20?,21-,22?,23+,27?/m0/s1. The van der Waals surface area contributed by atoms with E-state index in [0.717, 1.165) is 24.8 Å². The maximum absolute atomic E-state index is 14.1. The van der Waals surface area contributed by atoms with Crippen molar-refractivity contribution in [2.24, 2.45) is 5.73 Å². The molecule has 0 saturated carbocycles. The summed E-state index contributed by atoms with van der Waals surface area (Å²) < 4.78 is 0. The van der Waals surface area contributed by atoms with Gasteiger partial charge in [0.2, 0.25) is 17.7 Å². The molecule has 0 spiro atoms. The molecular weight excluding hydrogens is 472 g/mol. The molecular formula is C27H40N6O4. The fourth-order valence-electron chi connectivity index (χ4n) is 6.42. The zero-order valence-electron chi connectivity index (χ0n) is 22.1. The summed E-state index contributed by atoms with van der Waals surface area (Å²) in [6, 6.07) is 6.47. The highest BCUT2D eigenvalue weighted by Gasteiger charge is 2.56. The van der Waals surface area contributed by atoms with Gasteiger partial charge >= 0.3 is 0 Å². The van der Waals surface area contributed by atoms with Crippen molar-refractivity contribution in [3.63, 3.8) is 0 Å². The van der Waals surface area contributed by atoms with Crippen LogP contribution < -0.4 is 21.7 Å². The number of amides is 4. The first-order chi connectivity index (χ1) is 17.7. The van der Waals surface area contributed by atoms with Gasteiger partial charge in [0.25, 0.3) is 5.91 Å². The minimum absolute atomic E-state index is 0.119. The van der Waals surface area contributed by atoms with E-state index < -0.39 is 29.8 Å². The molecule has 2 fully saturated rings. The average molecular weight is 513 g/mol. The van der Waals surface area contributed by atoms with Gasteiger partial charge in [-0.15, -0.1) is 0 Å². The van der Waals surface area contributed by atoms with Crippen LogP contribution in [0.3, 0.4) is 0 Å². The number of likely N-dealkylation sites (N-methyl/N-ethyl adjacent to an activating group) is 1. The molecule has 4 amide bonds. The van der Waals surface area contributed by atoms with E-state index in [-0.39, 0.29) is 23.8 Å². The van der Waals surface area contributed by atoms with Crippen molar-refractivity contribution in [1.82, 2.24) is 25.8 Å². The van der Waals surface area contributed by atoms with Crippen LogP contribution in [0.1, 0.15) is 76.0 Å². The second-order valence-electron chi connectivity index (χ2n) is 10.4. The summed E-state index contributed by atoms with van der Waals surface area (Å²) in [5.41, 5.74) is 7.27. The van der Waals surface area contributed by atoms with E-state index in [1.54, 1.807) is 16.8 Å². The van der Waals surface area contributed by atoms with E-state index in [4.69, 9.17) is 5.73 Å². The Morgan fingerprint density at radius 3 is 2.54 bits per heavy atom. The molecule has 0 aromatic heterocycles. The van der Waals surface area contributed by atoms with E-state index in [1.165, 1.54) is 12.5 Å². The lowest BCUT2D eigenvalue weighted by Gasteiger charge is -2.50. The van der Waals surface area contributed by atoms with E-state index in [0.29, 0.717) is 38.6 Å². The molecule has 0 bridgehead atoms. The average Bonchev–Trinajstić information content (AvgIpc) is 3.28. The molecule has 1 aromatic carbocycles. The number of nitrogens with two attached hydrogens (primary N) is 1. The molecule has 202 valence electrons. The fraction of sp³-hybridized carbons (Fsp3) is 0.630. The van der Waals surface area contributed by atoms with Gasteiger partial charge < -0.3 is 26.2 Å². The lowest BCUT2D eigenvalue weighted by molar-refractivity contribution is -0.164. The van der Waals surface area contributed by atoms with Crippen LogP contribution in [0.15, 0.2) is 24.3 Å². The van der Waals surface area contributed by atoms with E-state index >= 15 is 0 Å². The van der Waals surface area contributed by atoms with Crippen LogP contribution >= 0.6 is 0 Å². The lowest BCUT2D eigenvalue weighted by atomic mass is 9.87. The Kier molecular flexibility index (Phi) is 8.18. The number of fused-ring (bicyclic) bond motifs is 2. The Hall–Kier alpha value is -2.98. The van der Waals surface area contributed by atoms with Crippen molar-refractivity contribution >= 4 is 23.6 Å². The Labute approximate surface area is 218 Å². The van der Waals surface area contributed by atoms with Gasteiger partial charge in [0.1, 0.15) is 23.9 Å². The molecule has 1 aromatic rings. The molecule has 2 aliphatic heterocycles. The quantitative estimate of drug-likeness (QED) is 0.418. The molecule has 2 saturated heterocycles. The summed E-state index contributed by atoms with van der Waals surface area (Å²) in [5, 5.41) is 8.70. The first kappa shape index (κ1) is 27.1. The molecule has 10 heteroatoms. The van der Waals surface area contributed by atoms with Gasteiger partial charge in [0.05, 0.1) is 6.04 Å². The third-order valence-corrected chi connectivity index (χ3v) is 8.34. The summed E-state index contributed by atoms with van der Waals surface area (Å²) in [6.07, 6.45) is 4.19. The highest BCUT2D eigenvalue weighted by Crippen LogP contribution is 2.42. The number of rotatable bonds is 6. The van der Waals surface area contributed by atoms with Gasteiger partial charge in [-0.25, -0.2) is 0 Å². The highest BCUT2D eigenvalue weighted by molar-refractivity contribution is 5.94. The van der Waals surface area contributed by atoms with Crippen LogP contribution in [0.25, 0.3) is 0 Å². The number of nitrogens with one attached hydrogen (secondary N) is 3. The summed E-state index contributed by atoms with van der Waals surface area (Å²) in [7, 11) is 1.57. The van der Waals surface area contributed by atoms with Crippen molar-refractivity contribution in [3.05, 3.63) is 35.4 Å². The van der Waals surface area contributed by atoms with E-state index in [1.807, 2.05) is 19.1 Å². The Bertz CT molecular complexity index is 1050. The maximum atomic E-state index is 14.1. The van der Waals surface area contributed by atoms with Crippen molar-refractivity contribution in [3.8, 4) is 0 Å². The first-order valence-electron chi connectivity index (χ1n) is 13.5. The van der Waals surface area contributed by atoms with Crippen LogP contribution in [0.4, 0.5) is 0 Å². The number of nitrogens with zero attached hydrogens (tertiary/aromatic N) is 2. The summed E-state index contributed by atoms with van der Waals surface area (Å²) in [6.45, 7) is 3.90. The molecule has 3 unspecified atom stereocenters. The second kappa shape index (κ2) is 11.2. The fourth-order valence-corrected chi connectivity index (χ4v) is 6.42. The monoisotopic (exact) mass is 512 g/mol. The predicted molar refractivity (Wildman–Crippen MR) is 139 cm³/mol. The van der Waals surface area contributed by atoms with Crippen LogP contribution in [0.5, 0.6) is 0 Å². The molecule has 3 aliphatic rings. The molecule has 5 atom stereocenters. The van der Waals surface area contributed by atoms with Crippen molar-refractivity contribution in [2.45, 2.75) is 95.2 Å². The highest BCUT2D eigenvalue weighted by atomic mass is 16.2. The summed E-state index contributed by atoms with van der Waals surface area (Å²) in [4.78, 5) is 56.6. The third kappa shape index (κ3) is 5.09. The van der Waals surface area contributed by atoms with Gasteiger partial charge in [0.15, 0.2) is 0 Å². The topological polar surface area (TPSA) is 137 Å². The van der Waals surface area contributed by atoms with Gasteiger partial charge in [-0.05, 0) is 69.5 Å². The summed E-state index contributed by atoms with van der Waals surface area (Å²) in [5.74, 6) is -1.16. The van der Waals surface area contributed by atoms with Crippen molar-refractivity contribution in [2.75, 3.05) is 13.6 Å². The molecule has 0 radical (unpaired) electrons. The van der Waals surface area contributed by atoms with Crippen LogP contribution in [0.2, 0.25) is 0 Å². The molecule has 37 heavy (non-hydrogen) atoms. The Morgan fingerprint density at radius 2 is 1.84 bits per heavy atom. The first-order valence-corrected chi connectivity index (χ1v) is 13.5. The number of aryl methyl sites for hydroxylation is 1. The smallest absolute Gasteiger partial charge is 0.252 e. The minimum Gasteiger partial charge on any atom is -0.347 e. The van der Waals surface area contributed by atoms with Crippen LogP contribution in [-0.2, 0) is 25.6 Å². The lowest BCUT2D eigenvalue weighted by Crippen LogP contribution is -2.68. The number of carbonyl (C=O) groups excluding carboxylic acids is 4. The number of hydrogen-bond acceptors (Lipinski definition) is 6. The van der Waals surface area contributed by atoms with Crippen LogP contribution in [0, 0.1) is 0 Å². The van der Waals surface area contributed by atoms with E-state index in [9.17, 15) is 19.2 Å². The van der Waals surface area contributed by atoms with Crippen LogP contribution in [-0.4, -0.2) is 70.9 Å². The zero-order chi connectivity index (χ0) is 26.7. The number of hydrogen-bond donors (Lipinski definition) is 4. The predicted octanol–water partition coefficient (Wildman–Crippen LogP) is 0.909.